The van der Waals surface area contributed by atoms with Gasteiger partial charge < -0.3 is 9.84 Å². The molecule has 3 rings (SSSR count). The summed E-state index contributed by atoms with van der Waals surface area (Å²) in [5.41, 5.74) is 0.0961. The first-order chi connectivity index (χ1) is 10.3. The van der Waals surface area contributed by atoms with E-state index >= 15 is 0 Å². The van der Waals surface area contributed by atoms with Gasteiger partial charge in [-0.1, -0.05) is 32.9 Å². The summed E-state index contributed by atoms with van der Waals surface area (Å²) in [6, 6.07) is 6.24. The number of carbonyl (C=O) groups is 2. The fourth-order valence-corrected chi connectivity index (χ4v) is 4.57. The van der Waals surface area contributed by atoms with Crippen LogP contribution in [0.3, 0.4) is 0 Å². The Kier molecular flexibility index (Phi) is 3.31. The van der Waals surface area contributed by atoms with Crippen molar-refractivity contribution in [1.29, 1.82) is 0 Å². The van der Waals surface area contributed by atoms with Gasteiger partial charge in [0, 0.05) is 10.8 Å². The summed E-state index contributed by atoms with van der Waals surface area (Å²) >= 11 is 0. The van der Waals surface area contributed by atoms with E-state index in [4.69, 9.17) is 4.74 Å². The van der Waals surface area contributed by atoms with E-state index < -0.39 is 11.9 Å². The molecule has 2 bridgehead atoms. The van der Waals surface area contributed by atoms with Crippen LogP contribution in [0.1, 0.15) is 60.7 Å². The summed E-state index contributed by atoms with van der Waals surface area (Å²) < 4.78 is 5.84. The van der Waals surface area contributed by atoms with Gasteiger partial charge in [0.25, 0.3) is 0 Å². The number of ether oxygens (including phenoxy) is 1. The summed E-state index contributed by atoms with van der Waals surface area (Å²) in [7, 11) is 0. The monoisotopic (exact) mass is 302 g/mol. The first-order valence-corrected chi connectivity index (χ1v) is 7.79. The minimum atomic E-state index is -1.11. The van der Waals surface area contributed by atoms with Gasteiger partial charge in [0.15, 0.2) is 0 Å². The molecule has 0 spiro atoms. The third kappa shape index (κ3) is 2.13. The zero-order chi connectivity index (χ0) is 16.1. The molecular weight excluding hydrogens is 280 g/mol. The molecule has 0 aliphatic heterocycles. The number of hydrogen-bond donors (Lipinski definition) is 1. The Morgan fingerprint density at radius 3 is 2.36 bits per heavy atom. The van der Waals surface area contributed by atoms with Gasteiger partial charge in [-0.25, -0.2) is 9.59 Å². The van der Waals surface area contributed by atoms with Crippen LogP contribution in [0, 0.1) is 16.7 Å². The maximum absolute atomic E-state index is 12.5. The minimum absolute atomic E-state index is 0.00128. The second kappa shape index (κ2) is 4.83. The maximum atomic E-state index is 12.5. The topological polar surface area (TPSA) is 63.6 Å². The van der Waals surface area contributed by atoms with Gasteiger partial charge in [0.1, 0.15) is 6.10 Å². The van der Waals surface area contributed by atoms with Crippen LogP contribution in [0.5, 0.6) is 0 Å². The van der Waals surface area contributed by atoms with E-state index in [9.17, 15) is 14.7 Å². The smallest absolute Gasteiger partial charge is 0.339 e. The van der Waals surface area contributed by atoms with E-state index in [2.05, 4.69) is 20.8 Å². The number of esters is 1. The van der Waals surface area contributed by atoms with Gasteiger partial charge in [-0.05, 0) is 37.3 Å². The van der Waals surface area contributed by atoms with Crippen molar-refractivity contribution in [2.24, 2.45) is 16.7 Å². The van der Waals surface area contributed by atoms with Crippen LogP contribution in [0.25, 0.3) is 0 Å². The van der Waals surface area contributed by atoms with Crippen molar-refractivity contribution in [3.8, 4) is 0 Å². The normalized spacial score (nSPS) is 32.0. The molecule has 1 aromatic rings. The van der Waals surface area contributed by atoms with Gasteiger partial charge in [0.05, 0.1) is 11.1 Å². The van der Waals surface area contributed by atoms with E-state index in [-0.39, 0.29) is 28.1 Å². The third-order valence-electron chi connectivity index (χ3n) is 5.74. The Labute approximate surface area is 130 Å². The van der Waals surface area contributed by atoms with Crippen LogP contribution < -0.4 is 0 Å². The van der Waals surface area contributed by atoms with Crippen LogP contribution in [0.2, 0.25) is 0 Å². The van der Waals surface area contributed by atoms with E-state index in [1.165, 1.54) is 18.6 Å². The number of carboxylic acids is 1. The predicted octanol–water partition coefficient (Wildman–Crippen LogP) is 3.76. The third-order valence-corrected chi connectivity index (χ3v) is 5.74. The predicted molar refractivity (Wildman–Crippen MR) is 81.8 cm³/mol. The lowest BCUT2D eigenvalue weighted by molar-refractivity contribution is -0.0585. The second-order valence-electron chi connectivity index (χ2n) is 7.55. The van der Waals surface area contributed by atoms with Crippen molar-refractivity contribution >= 4 is 11.9 Å². The molecule has 118 valence electrons. The van der Waals surface area contributed by atoms with E-state index in [0.717, 1.165) is 12.8 Å². The molecule has 1 aromatic carbocycles. The number of rotatable bonds is 3. The van der Waals surface area contributed by atoms with E-state index in [1.807, 2.05) is 0 Å². The standard InChI is InChI=1S/C18H22O4/c1-17(2)11-8-9-18(3,10-11)16(17)22-15(21)13-7-5-4-6-12(13)14(19)20/h4-7,11,16H,8-10H2,1-3H3,(H,19,20)/t11-,16-,18+/m1/s1. The molecule has 2 aliphatic carbocycles. The molecule has 0 saturated heterocycles. The molecule has 4 heteroatoms. The molecule has 1 N–H and O–H groups in total. The number of carbonyl (C=O) groups excluding carboxylic acids is 1. The molecule has 3 atom stereocenters. The number of fused-ring (bicyclic) bond motifs is 2. The van der Waals surface area contributed by atoms with Crippen molar-refractivity contribution in [2.75, 3.05) is 0 Å². The zero-order valence-electron chi connectivity index (χ0n) is 13.3. The highest BCUT2D eigenvalue weighted by Gasteiger charge is 2.61. The summed E-state index contributed by atoms with van der Waals surface area (Å²) in [6.07, 6.45) is 3.18. The molecule has 0 radical (unpaired) electrons. The number of aromatic carboxylic acids is 1. The SMILES string of the molecule is CC1(C)[C@@H]2CC[C@@](C)(C2)[C@@H]1OC(=O)c1ccccc1C(=O)O. The average Bonchev–Trinajstić information content (AvgIpc) is 2.94. The average molecular weight is 302 g/mol. The van der Waals surface area contributed by atoms with E-state index in [1.54, 1.807) is 12.1 Å². The first kappa shape index (κ1) is 15.1. The highest BCUT2D eigenvalue weighted by Crippen LogP contribution is 2.63. The quantitative estimate of drug-likeness (QED) is 0.864. The van der Waals surface area contributed by atoms with Crippen molar-refractivity contribution in [3.05, 3.63) is 35.4 Å². The highest BCUT2D eigenvalue weighted by atomic mass is 16.5. The van der Waals surface area contributed by atoms with Crippen molar-refractivity contribution in [3.63, 3.8) is 0 Å². The Hall–Kier alpha value is -1.84. The lowest BCUT2D eigenvalue weighted by atomic mass is 9.70. The molecule has 2 aliphatic rings. The Morgan fingerprint density at radius 2 is 1.82 bits per heavy atom. The molecule has 4 nitrogen and oxygen atoms in total. The fourth-order valence-electron chi connectivity index (χ4n) is 4.57. The molecule has 0 amide bonds. The molecule has 22 heavy (non-hydrogen) atoms. The Bertz CT molecular complexity index is 629. The second-order valence-corrected chi connectivity index (χ2v) is 7.55. The number of carboxylic acid groups (broad SMARTS) is 1. The first-order valence-electron chi connectivity index (χ1n) is 7.79. The van der Waals surface area contributed by atoms with Gasteiger partial charge in [-0.15, -0.1) is 0 Å². The van der Waals surface area contributed by atoms with Crippen molar-refractivity contribution in [1.82, 2.24) is 0 Å². The Balaban J connectivity index is 1.88. The van der Waals surface area contributed by atoms with Crippen LogP contribution in [0.4, 0.5) is 0 Å². The van der Waals surface area contributed by atoms with Crippen LogP contribution in [0.15, 0.2) is 24.3 Å². The minimum Gasteiger partial charge on any atom is -0.478 e. The summed E-state index contributed by atoms with van der Waals surface area (Å²) in [4.78, 5) is 23.8. The molecule has 0 aromatic heterocycles. The molecule has 0 heterocycles. The van der Waals surface area contributed by atoms with Crippen LogP contribution in [-0.4, -0.2) is 23.1 Å². The highest BCUT2D eigenvalue weighted by molar-refractivity contribution is 6.02. The van der Waals surface area contributed by atoms with Gasteiger partial charge in [-0.2, -0.15) is 0 Å². The van der Waals surface area contributed by atoms with Gasteiger partial charge in [-0.3, -0.25) is 0 Å². The zero-order valence-corrected chi connectivity index (χ0v) is 13.3. The number of hydrogen-bond acceptors (Lipinski definition) is 3. The molecular formula is C18H22O4. The fraction of sp³-hybridized carbons (Fsp3) is 0.556. The largest absolute Gasteiger partial charge is 0.478 e. The summed E-state index contributed by atoms with van der Waals surface area (Å²) in [5.74, 6) is -1.05. The summed E-state index contributed by atoms with van der Waals surface area (Å²) in [5, 5.41) is 9.23. The van der Waals surface area contributed by atoms with Crippen LogP contribution in [-0.2, 0) is 4.74 Å². The molecule has 2 fully saturated rings. The number of benzene rings is 1. The molecule has 2 saturated carbocycles. The van der Waals surface area contributed by atoms with Crippen molar-refractivity contribution in [2.45, 2.75) is 46.1 Å². The van der Waals surface area contributed by atoms with Crippen molar-refractivity contribution < 1.29 is 19.4 Å². The lowest BCUT2D eigenvalue weighted by Crippen LogP contribution is -2.43. The lowest BCUT2D eigenvalue weighted by Gasteiger charge is -2.41. The Morgan fingerprint density at radius 1 is 1.18 bits per heavy atom. The van der Waals surface area contributed by atoms with Gasteiger partial charge in [0.2, 0.25) is 0 Å². The van der Waals surface area contributed by atoms with Crippen LogP contribution >= 0.6 is 0 Å². The molecule has 0 unspecified atom stereocenters. The van der Waals surface area contributed by atoms with Gasteiger partial charge >= 0.3 is 11.9 Å². The van der Waals surface area contributed by atoms with E-state index in [0.29, 0.717) is 5.92 Å². The summed E-state index contributed by atoms with van der Waals surface area (Å²) in [6.45, 7) is 6.50. The maximum Gasteiger partial charge on any atom is 0.339 e.